The van der Waals surface area contributed by atoms with Crippen molar-refractivity contribution in [2.45, 2.75) is 42.7 Å². The van der Waals surface area contributed by atoms with Crippen molar-refractivity contribution in [1.29, 1.82) is 0 Å². The number of thioether (sulfide) groups is 1. The monoisotopic (exact) mass is 382 g/mol. The molecule has 7 heteroatoms. The van der Waals surface area contributed by atoms with Crippen LogP contribution in [0, 0.1) is 0 Å². The molecule has 1 fully saturated rings. The zero-order chi connectivity index (χ0) is 19.0. The first-order valence-corrected chi connectivity index (χ1v) is 10.2. The van der Waals surface area contributed by atoms with E-state index < -0.39 is 5.60 Å². The van der Waals surface area contributed by atoms with Crippen LogP contribution in [-0.2, 0) is 0 Å². The highest BCUT2D eigenvalue weighted by atomic mass is 32.2. The van der Waals surface area contributed by atoms with Gasteiger partial charge in [-0.3, -0.25) is 9.36 Å². The molecule has 0 saturated heterocycles. The minimum atomic E-state index is -0.912. The molecule has 1 aliphatic carbocycles. The van der Waals surface area contributed by atoms with E-state index in [-0.39, 0.29) is 11.6 Å². The van der Waals surface area contributed by atoms with Crippen molar-refractivity contribution in [3.63, 3.8) is 0 Å². The average molecular weight is 382 g/mol. The van der Waals surface area contributed by atoms with Gasteiger partial charge in [0.15, 0.2) is 0 Å². The fourth-order valence-electron chi connectivity index (χ4n) is 3.74. The summed E-state index contributed by atoms with van der Waals surface area (Å²) in [6.07, 6.45) is 6.07. The molecule has 3 aromatic rings. The molecule has 0 amide bonds. The quantitative estimate of drug-likeness (QED) is 0.669. The lowest BCUT2D eigenvalue weighted by atomic mass is 10.00. The van der Waals surface area contributed by atoms with E-state index in [1.807, 2.05) is 30.5 Å². The van der Waals surface area contributed by atoms with Gasteiger partial charge in [-0.2, -0.15) is 4.98 Å². The molecule has 2 N–H and O–H groups in total. The summed E-state index contributed by atoms with van der Waals surface area (Å²) in [6, 6.07) is 11.0. The van der Waals surface area contributed by atoms with Crippen LogP contribution in [0.4, 0.5) is 11.6 Å². The van der Waals surface area contributed by atoms with E-state index in [0.29, 0.717) is 18.0 Å². The Kier molecular flexibility index (Phi) is 4.65. The van der Waals surface area contributed by atoms with Crippen molar-refractivity contribution in [2.75, 3.05) is 11.6 Å². The van der Waals surface area contributed by atoms with Gasteiger partial charge >= 0.3 is 0 Å². The Labute approximate surface area is 161 Å². The number of nitrogens with one attached hydrogen (secondary N) is 1. The van der Waals surface area contributed by atoms with Crippen LogP contribution in [-0.4, -0.2) is 31.5 Å². The molecule has 1 aliphatic rings. The van der Waals surface area contributed by atoms with Crippen LogP contribution in [0.5, 0.6) is 0 Å². The van der Waals surface area contributed by atoms with Crippen LogP contribution in [0.3, 0.4) is 0 Å². The molecule has 0 radical (unpaired) electrons. The van der Waals surface area contributed by atoms with Gasteiger partial charge in [0.1, 0.15) is 5.65 Å². The maximum atomic E-state index is 12.6. The largest absolute Gasteiger partial charge is 0.388 e. The molecule has 27 heavy (non-hydrogen) atoms. The molecule has 4 rings (SSSR count). The Hall–Kier alpha value is -2.38. The molecule has 0 aliphatic heterocycles. The third-order valence-corrected chi connectivity index (χ3v) is 5.95. The van der Waals surface area contributed by atoms with Gasteiger partial charge < -0.3 is 10.4 Å². The lowest BCUT2D eigenvalue weighted by Crippen LogP contribution is -2.37. The normalized spacial score (nSPS) is 22.3. The van der Waals surface area contributed by atoms with E-state index in [2.05, 4.69) is 15.3 Å². The molecule has 1 saturated carbocycles. The maximum Gasteiger partial charge on any atom is 0.252 e. The summed E-state index contributed by atoms with van der Waals surface area (Å²) in [4.78, 5) is 22.8. The second-order valence-corrected chi connectivity index (χ2v) is 8.01. The van der Waals surface area contributed by atoms with Crippen molar-refractivity contribution in [2.24, 2.45) is 0 Å². The van der Waals surface area contributed by atoms with Gasteiger partial charge in [-0.25, -0.2) is 4.98 Å². The average Bonchev–Trinajstić information content (AvgIpc) is 3.01. The Bertz CT molecular complexity index is 1030. The molecule has 0 bridgehead atoms. The van der Waals surface area contributed by atoms with E-state index in [1.54, 1.807) is 35.5 Å². The fourth-order valence-corrected chi connectivity index (χ4v) is 4.15. The van der Waals surface area contributed by atoms with E-state index in [4.69, 9.17) is 0 Å². The molecule has 1 aromatic carbocycles. The Balaban J connectivity index is 1.76. The molecule has 0 unspecified atom stereocenters. The van der Waals surface area contributed by atoms with Crippen molar-refractivity contribution in [3.05, 3.63) is 52.9 Å². The number of hydrogen-bond acceptors (Lipinski definition) is 6. The van der Waals surface area contributed by atoms with Crippen LogP contribution in [0.1, 0.15) is 32.2 Å². The Morgan fingerprint density at radius 3 is 2.70 bits per heavy atom. The number of hydrogen-bond donors (Lipinski definition) is 2. The Morgan fingerprint density at radius 2 is 2.04 bits per heavy atom. The SMILES string of the molecule is CSc1ccc(Nc2ncc3ccc(=O)n([C@@H]4CCC[C@@]4(C)O)c3n2)cc1. The van der Waals surface area contributed by atoms with Crippen molar-refractivity contribution < 1.29 is 5.11 Å². The summed E-state index contributed by atoms with van der Waals surface area (Å²) in [5, 5.41) is 14.7. The van der Waals surface area contributed by atoms with Gasteiger partial charge in [-0.1, -0.05) is 0 Å². The number of aliphatic hydroxyl groups is 1. The van der Waals surface area contributed by atoms with Gasteiger partial charge in [0.25, 0.3) is 5.56 Å². The summed E-state index contributed by atoms with van der Waals surface area (Å²) in [5.74, 6) is 0.427. The van der Waals surface area contributed by atoms with Gasteiger partial charge in [-0.05, 0) is 62.8 Å². The van der Waals surface area contributed by atoms with E-state index in [9.17, 15) is 9.90 Å². The molecule has 6 nitrogen and oxygen atoms in total. The predicted octanol–water partition coefficient (Wildman–Crippen LogP) is 3.73. The number of aromatic nitrogens is 3. The van der Waals surface area contributed by atoms with E-state index >= 15 is 0 Å². The number of benzene rings is 1. The van der Waals surface area contributed by atoms with Crippen LogP contribution in [0.15, 0.2) is 52.3 Å². The highest BCUT2D eigenvalue weighted by Gasteiger charge is 2.39. The minimum Gasteiger partial charge on any atom is -0.388 e. The highest BCUT2D eigenvalue weighted by molar-refractivity contribution is 7.98. The second-order valence-electron chi connectivity index (χ2n) is 7.13. The van der Waals surface area contributed by atoms with Crippen LogP contribution < -0.4 is 10.9 Å². The zero-order valence-electron chi connectivity index (χ0n) is 15.3. The fraction of sp³-hybridized carbons (Fsp3) is 0.350. The topological polar surface area (TPSA) is 80.0 Å². The van der Waals surface area contributed by atoms with Gasteiger partial charge in [0.05, 0.1) is 11.6 Å². The third-order valence-electron chi connectivity index (χ3n) is 5.20. The lowest BCUT2D eigenvalue weighted by Gasteiger charge is -2.28. The van der Waals surface area contributed by atoms with E-state index in [0.717, 1.165) is 23.9 Å². The molecule has 0 spiro atoms. The first-order chi connectivity index (χ1) is 13.0. The molecular formula is C20H22N4O2S. The molecule has 2 heterocycles. The molecular weight excluding hydrogens is 360 g/mol. The Morgan fingerprint density at radius 1 is 1.26 bits per heavy atom. The second kappa shape index (κ2) is 6.98. The van der Waals surface area contributed by atoms with Gasteiger partial charge in [-0.15, -0.1) is 11.8 Å². The summed E-state index contributed by atoms with van der Waals surface area (Å²) in [7, 11) is 0. The van der Waals surface area contributed by atoms with Crippen molar-refractivity contribution >= 4 is 34.4 Å². The standard InChI is InChI=1S/C20H22N4O2S/c1-20(26)11-3-4-16(20)24-17(25)10-5-13-12-21-19(23-18(13)24)22-14-6-8-15(27-2)9-7-14/h5-10,12,16,26H,3-4,11H2,1-2H3,(H,21,22,23)/t16-,20-/m1/s1. The zero-order valence-corrected chi connectivity index (χ0v) is 16.2. The van der Waals surface area contributed by atoms with E-state index in [1.165, 1.54) is 11.0 Å². The first-order valence-electron chi connectivity index (χ1n) is 9.00. The summed E-state index contributed by atoms with van der Waals surface area (Å²) >= 11 is 1.68. The third kappa shape index (κ3) is 3.44. The summed E-state index contributed by atoms with van der Waals surface area (Å²) in [6.45, 7) is 1.80. The lowest BCUT2D eigenvalue weighted by molar-refractivity contribution is 0.0267. The molecule has 2 atom stereocenters. The first kappa shape index (κ1) is 18.0. The van der Waals surface area contributed by atoms with Gasteiger partial charge in [0.2, 0.25) is 5.95 Å². The summed E-state index contributed by atoms with van der Waals surface area (Å²) < 4.78 is 1.63. The molecule has 140 valence electrons. The minimum absolute atomic E-state index is 0.149. The smallest absolute Gasteiger partial charge is 0.252 e. The van der Waals surface area contributed by atoms with Crippen molar-refractivity contribution in [1.82, 2.24) is 14.5 Å². The number of pyridine rings is 1. The number of anilines is 2. The summed E-state index contributed by atoms with van der Waals surface area (Å²) in [5.41, 5.74) is 0.367. The molecule has 2 aromatic heterocycles. The maximum absolute atomic E-state index is 12.6. The number of nitrogens with zero attached hydrogens (tertiary/aromatic N) is 3. The number of fused-ring (bicyclic) bond motifs is 1. The van der Waals surface area contributed by atoms with Crippen molar-refractivity contribution in [3.8, 4) is 0 Å². The predicted molar refractivity (Wildman–Crippen MR) is 109 cm³/mol. The highest BCUT2D eigenvalue weighted by Crippen LogP contribution is 2.39. The van der Waals surface area contributed by atoms with Crippen LogP contribution in [0.2, 0.25) is 0 Å². The van der Waals surface area contributed by atoms with Crippen LogP contribution in [0.25, 0.3) is 11.0 Å². The van der Waals surface area contributed by atoms with Gasteiger partial charge in [0, 0.05) is 28.2 Å². The van der Waals surface area contributed by atoms with Crippen LogP contribution >= 0.6 is 11.8 Å². The number of rotatable bonds is 4.